The van der Waals surface area contributed by atoms with Crippen molar-refractivity contribution in [2.75, 3.05) is 6.54 Å². The van der Waals surface area contributed by atoms with E-state index < -0.39 is 0 Å². The summed E-state index contributed by atoms with van der Waals surface area (Å²) in [5.41, 5.74) is 1.62. The van der Waals surface area contributed by atoms with E-state index >= 15 is 0 Å². The molecular weight excluding hydrogens is 321 g/mol. The molecule has 1 heterocycles. The fourth-order valence-electron chi connectivity index (χ4n) is 2.38. The van der Waals surface area contributed by atoms with E-state index in [1.807, 2.05) is 26.0 Å². The lowest BCUT2D eigenvalue weighted by Gasteiger charge is -2.20. The third kappa shape index (κ3) is 3.13. The summed E-state index contributed by atoms with van der Waals surface area (Å²) in [6.07, 6.45) is 0.985. The van der Waals surface area contributed by atoms with Crippen molar-refractivity contribution in [3.8, 4) is 0 Å². The van der Waals surface area contributed by atoms with E-state index in [0.29, 0.717) is 5.56 Å². The first-order valence-electron chi connectivity index (χ1n) is 6.78. The average molecular weight is 340 g/mol. The lowest BCUT2D eigenvalue weighted by atomic mass is 9.98. The van der Waals surface area contributed by atoms with Crippen LogP contribution in [0.3, 0.4) is 0 Å². The Kier molecular flexibility index (Phi) is 5.00. The summed E-state index contributed by atoms with van der Waals surface area (Å²) < 4.78 is 20.6. The van der Waals surface area contributed by atoms with Gasteiger partial charge >= 0.3 is 0 Å². The second kappa shape index (κ2) is 6.55. The predicted molar refractivity (Wildman–Crippen MR) is 82.4 cm³/mol. The van der Waals surface area contributed by atoms with Crippen molar-refractivity contribution in [1.29, 1.82) is 0 Å². The van der Waals surface area contributed by atoms with Gasteiger partial charge in [0.15, 0.2) is 0 Å². The maximum absolute atomic E-state index is 14.3. The monoisotopic (exact) mass is 339 g/mol. The van der Waals surface area contributed by atoms with E-state index in [1.165, 1.54) is 6.07 Å². The first-order valence-corrected chi connectivity index (χ1v) is 7.58. The minimum Gasteiger partial charge on any atom is -0.466 e. The molecule has 2 rings (SSSR count). The van der Waals surface area contributed by atoms with Crippen LogP contribution in [0.25, 0.3) is 0 Å². The van der Waals surface area contributed by atoms with Crippen LogP contribution in [0.5, 0.6) is 0 Å². The van der Waals surface area contributed by atoms with Crippen LogP contribution in [0.2, 0.25) is 0 Å². The van der Waals surface area contributed by atoms with E-state index in [9.17, 15) is 4.39 Å². The molecule has 108 valence electrons. The van der Waals surface area contributed by atoms with Gasteiger partial charge in [-0.1, -0.05) is 28.9 Å². The maximum Gasteiger partial charge on any atom is 0.129 e. The Hall–Kier alpha value is -1.13. The topological polar surface area (TPSA) is 25.2 Å². The second-order valence-corrected chi connectivity index (χ2v) is 5.75. The van der Waals surface area contributed by atoms with Crippen molar-refractivity contribution in [2.45, 2.75) is 33.2 Å². The number of hydrogen-bond acceptors (Lipinski definition) is 2. The zero-order valence-corrected chi connectivity index (χ0v) is 13.6. The van der Waals surface area contributed by atoms with Gasteiger partial charge < -0.3 is 9.73 Å². The summed E-state index contributed by atoms with van der Waals surface area (Å²) in [6, 6.07) is 6.82. The van der Waals surface area contributed by atoms with Crippen molar-refractivity contribution in [1.82, 2.24) is 5.32 Å². The molecule has 0 aliphatic carbocycles. The highest BCUT2D eigenvalue weighted by Gasteiger charge is 2.23. The Labute approximate surface area is 127 Å². The summed E-state index contributed by atoms with van der Waals surface area (Å²) in [4.78, 5) is 0. The molecule has 1 unspecified atom stereocenters. The number of aryl methyl sites for hydroxylation is 2. The fourth-order valence-corrected chi connectivity index (χ4v) is 2.95. The van der Waals surface area contributed by atoms with Crippen LogP contribution in [0, 0.1) is 19.7 Å². The number of halogens is 2. The number of hydrogen-bond donors (Lipinski definition) is 1. The minimum atomic E-state index is -0.216. The molecule has 20 heavy (non-hydrogen) atoms. The van der Waals surface area contributed by atoms with Gasteiger partial charge in [-0.2, -0.15) is 0 Å². The van der Waals surface area contributed by atoms with Gasteiger partial charge in [-0.15, -0.1) is 0 Å². The summed E-state index contributed by atoms with van der Waals surface area (Å²) in [6.45, 7) is 6.73. The fraction of sp³-hybridized carbons (Fsp3) is 0.375. The van der Waals surface area contributed by atoms with Gasteiger partial charge in [-0.05, 0) is 45.0 Å². The molecule has 0 aliphatic heterocycles. The van der Waals surface area contributed by atoms with Crippen molar-refractivity contribution in [3.05, 3.63) is 57.2 Å². The predicted octanol–water partition coefficient (Wildman–Crippen LogP) is 4.89. The van der Waals surface area contributed by atoms with Crippen LogP contribution < -0.4 is 5.32 Å². The molecule has 0 fully saturated rings. The second-order valence-electron chi connectivity index (χ2n) is 4.89. The zero-order valence-electron chi connectivity index (χ0n) is 12.0. The third-order valence-corrected chi connectivity index (χ3v) is 3.97. The van der Waals surface area contributed by atoms with Crippen molar-refractivity contribution in [3.63, 3.8) is 0 Å². The van der Waals surface area contributed by atoms with Crippen LogP contribution in [-0.2, 0) is 0 Å². The molecule has 2 aromatic rings. The Morgan fingerprint density at radius 1 is 1.35 bits per heavy atom. The normalized spacial score (nSPS) is 12.7. The van der Waals surface area contributed by atoms with E-state index in [-0.39, 0.29) is 11.9 Å². The van der Waals surface area contributed by atoms with Crippen LogP contribution in [0.1, 0.15) is 42.0 Å². The largest absolute Gasteiger partial charge is 0.466 e. The maximum atomic E-state index is 14.3. The highest BCUT2D eigenvalue weighted by molar-refractivity contribution is 9.10. The number of rotatable bonds is 5. The average Bonchev–Trinajstić information content (AvgIpc) is 2.72. The van der Waals surface area contributed by atoms with Crippen molar-refractivity contribution >= 4 is 15.9 Å². The van der Waals surface area contributed by atoms with Crippen molar-refractivity contribution in [2.24, 2.45) is 0 Å². The molecular formula is C16H19BrFNO. The zero-order chi connectivity index (χ0) is 14.7. The van der Waals surface area contributed by atoms with Gasteiger partial charge in [0.1, 0.15) is 17.3 Å². The van der Waals surface area contributed by atoms with Crippen molar-refractivity contribution < 1.29 is 8.81 Å². The molecule has 4 heteroatoms. The van der Waals surface area contributed by atoms with Gasteiger partial charge in [-0.25, -0.2) is 4.39 Å². The molecule has 1 N–H and O–H groups in total. The first-order chi connectivity index (χ1) is 9.54. The minimum absolute atomic E-state index is 0.206. The molecule has 1 atom stereocenters. The standard InChI is InChI=1S/C16H19BrFNO/c1-4-8-19-16(12-9-10(2)20-11(12)3)15-13(17)6-5-7-14(15)18/h5-7,9,16,19H,4,8H2,1-3H3. The van der Waals surface area contributed by atoms with E-state index in [2.05, 4.69) is 28.2 Å². The highest BCUT2D eigenvalue weighted by atomic mass is 79.9. The quantitative estimate of drug-likeness (QED) is 0.839. The van der Waals surface area contributed by atoms with Gasteiger partial charge in [0.05, 0.1) is 6.04 Å². The lowest BCUT2D eigenvalue weighted by Crippen LogP contribution is -2.24. The van der Waals surface area contributed by atoms with Gasteiger partial charge in [-0.3, -0.25) is 0 Å². The summed E-state index contributed by atoms with van der Waals surface area (Å²) in [5, 5.41) is 3.41. The Morgan fingerprint density at radius 2 is 2.10 bits per heavy atom. The van der Waals surface area contributed by atoms with Gasteiger partial charge in [0.2, 0.25) is 0 Å². The molecule has 1 aromatic heterocycles. The highest BCUT2D eigenvalue weighted by Crippen LogP contribution is 2.33. The molecule has 0 saturated heterocycles. The van der Waals surface area contributed by atoms with E-state index in [0.717, 1.165) is 34.5 Å². The van der Waals surface area contributed by atoms with Crippen LogP contribution in [0.15, 0.2) is 33.2 Å². The summed E-state index contributed by atoms with van der Waals surface area (Å²) in [5.74, 6) is 1.45. The first kappa shape index (κ1) is 15.3. The van der Waals surface area contributed by atoms with E-state index in [4.69, 9.17) is 4.42 Å². The summed E-state index contributed by atoms with van der Waals surface area (Å²) in [7, 11) is 0. The number of furan rings is 1. The molecule has 0 bridgehead atoms. The van der Waals surface area contributed by atoms with Crippen LogP contribution in [0.4, 0.5) is 4.39 Å². The lowest BCUT2D eigenvalue weighted by molar-refractivity contribution is 0.489. The molecule has 0 saturated carbocycles. The molecule has 0 amide bonds. The number of benzene rings is 1. The SMILES string of the molecule is CCCNC(c1cc(C)oc1C)c1c(F)cccc1Br. The molecule has 0 radical (unpaired) electrons. The molecule has 2 nitrogen and oxygen atoms in total. The Balaban J connectivity index is 2.50. The smallest absolute Gasteiger partial charge is 0.129 e. The molecule has 0 spiro atoms. The summed E-state index contributed by atoms with van der Waals surface area (Å²) >= 11 is 3.46. The third-order valence-electron chi connectivity index (χ3n) is 3.28. The van der Waals surface area contributed by atoms with Gasteiger partial charge in [0, 0.05) is 15.6 Å². The van der Waals surface area contributed by atoms with Crippen LogP contribution >= 0.6 is 15.9 Å². The van der Waals surface area contributed by atoms with Crippen LogP contribution in [-0.4, -0.2) is 6.54 Å². The van der Waals surface area contributed by atoms with Gasteiger partial charge in [0.25, 0.3) is 0 Å². The van der Waals surface area contributed by atoms with E-state index in [1.54, 1.807) is 6.07 Å². The number of nitrogens with one attached hydrogen (secondary N) is 1. The Bertz CT molecular complexity index is 574. The Morgan fingerprint density at radius 3 is 2.65 bits per heavy atom. The molecule has 0 aliphatic rings. The molecule has 1 aromatic carbocycles.